The van der Waals surface area contributed by atoms with Gasteiger partial charge in [-0.05, 0) is 74.4 Å². The van der Waals surface area contributed by atoms with Crippen molar-refractivity contribution >= 4 is 29.4 Å². The van der Waals surface area contributed by atoms with Crippen LogP contribution in [0.3, 0.4) is 0 Å². The van der Waals surface area contributed by atoms with Crippen LogP contribution >= 0.6 is 11.6 Å². The summed E-state index contributed by atoms with van der Waals surface area (Å²) < 4.78 is 46.2. The molecule has 2 heterocycles. The maximum atomic E-state index is 15.9. The van der Waals surface area contributed by atoms with Crippen molar-refractivity contribution in [3.8, 4) is 0 Å². The lowest BCUT2D eigenvalue weighted by Crippen LogP contribution is -2.53. The number of aryl methyl sites for hydroxylation is 1. The predicted octanol–water partition coefficient (Wildman–Crippen LogP) is 4.81. The van der Waals surface area contributed by atoms with Crippen LogP contribution in [0.25, 0.3) is 6.20 Å². The van der Waals surface area contributed by atoms with Crippen LogP contribution in [0.4, 0.5) is 13.2 Å². The second-order valence-corrected chi connectivity index (χ2v) is 10.8. The molecule has 1 aromatic carbocycles. The first-order valence-corrected chi connectivity index (χ1v) is 14.0. The molecule has 9 nitrogen and oxygen atoms in total. The normalized spacial score (nSPS) is 15.1. The molecule has 3 N–H and O–H groups in total. The summed E-state index contributed by atoms with van der Waals surface area (Å²) in [5.74, 6) is -4.45. The van der Waals surface area contributed by atoms with Crippen molar-refractivity contribution in [1.82, 2.24) is 14.5 Å². The fourth-order valence-corrected chi connectivity index (χ4v) is 5.10. The van der Waals surface area contributed by atoms with E-state index >= 15 is 8.78 Å². The zero-order valence-electron chi connectivity index (χ0n) is 24.0. The number of hydrogen-bond acceptors (Lipinski definition) is 7. The maximum Gasteiger partial charge on any atom is 0.372 e. The molecule has 1 amide bonds. The Morgan fingerprint density at radius 1 is 1.23 bits per heavy atom. The molecule has 1 saturated carbocycles. The standard InChI is InChI=1S/C31H30ClF3N4O5/c1-4-10-37-28(22-6-5-7-23(27(22)35)29(40)39(21-8-9-21)31(42,43)44)25(34)16-38-18(3)12-24(26(32)30(38)41)17(2)11-19-13-20(33)15-36-14-19/h4-7,10,12-17,21,42-44H,8-9,11H2,1-3H3/b10-4+,25-16-,37-28+. The van der Waals surface area contributed by atoms with Crippen molar-refractivity contribution in [2.45, 2.75) is 58.1 Å². The first-order valence-electron chi connectivity index (χ1n) is 13.6. The van der Waals surface area contributed by atoms with Gasteiger partial charge in [0, 0.05) is 29.7 Å². The summed E-state index contributed by atoms with van der Waals surface area (Å²) in [6.45, 7) is 4.93. The quantitative estimate of drug-likeness (QED) is 0.218. The van der Waals surface area contributed by atoms with E-state index in [-0.39, 0.29) is 16.6 Å². The zero-order valence-corrected chi connectivity index (χ0v) is 24.8. The summed E-state index contributed by atoms with van der Waals surface area (Å²) in [6.07, 6.45) is 3.51. The monoisotopic (exact) mass is 630 g/mol. The Kier molecular flexibility index (Phi) is 9.89. The van der Waals surface area contributed by atoms with Gasteiger partial charge in [-0.2, -0.15) is 0 Å². The van der Waals surface area contributed by atoms with Gasteiger partial charge < -0.3 is 15.3 Å². The Bertz CT molecular complexity index is 1730. The van der Waals surface area contributed by atoms with Crippen LogP contribution in [0, 0.1) is 18.6 Å². The molecule has 1 atom stereocenters. The summed E-state index contributed by atoms with van der Waals surface area (Å²) in [5, 5.41) is 28.9. The van der Waals surface area contributed by atoms with E-state index in [1.54, 1.807) is 26.8 Å². The highest BCUT2D eigenvalue weighted by molar-refractivity contribution is 6.31. The number of carbonyl (C=O) groups is 1. The number of aliphatic imine (C=N–C) groups is 1. The van der Waals surface area contributed by atoms with Gasteiger partial charge in [-0.25, -0.2) is 13.2 Å². The fraction of sp³-hybridized carbons (Fsp3) is 0.290. The van der Waals surface area contributed by atoms with Gasteiger partial charge in [-0.15, -0.1) is 0 Å². The number of aromatic nitrogens is 2. The van der Waals surface area contributed by atoms with Crippen LogP contribution < -0.4 is 5.56 Å². The molecule has 232 valence electrons. The minimum atomic E-state index is -3.54. The number of carbonyl (C=O) groups excluding carboxylic acids is 1. The smallest absolute Gasteiger partial charge is 0.325 e. The summed E-state index contributed by atoms with van der Waals surface area (Å²) in [7, 11) is 0. The van der Waals surface area contributed by atoms with Crippen LogP contribution in [0.5, 0.6) is 0 Å². The van der Waals surface area contributed by atoms with E-state index in [4.69, 9.17) is 11.6 Å². The summed E-state index contributed by atoms with van der Waals surface area (Å²) in [5.41, 5.74) is -1.14. The van der Waals surface area contributed by atoms with E-state index in [0.717, 1.165) is 29.1 Å². The lowest BCUT2D eigenvalue weighted by atomic mass is 9.94. The van der Waals surface area contributed by atoms with E-state index < -0.39 is 57.9 Å². The molecule has 3 aromatic rings. The van der Waals surface area contributed by atoms with Gasteiger partial charge in [0.15, 0.2) is 5.83 Å². The van der Waals surface area contributed by atoms with Gasteiger partial charge in [0.25, 0.3) is 11.5 Å². The average molecular weight is 631 g/mol. The molecule has 0 spiro atoms. The van der Waals surface area contributed by atoms with Gasteiger partial charge in [0.05, 0.1) is 18.0 Å². The Balaban J connectivity index is 1.73. The Morgan fingerprint density at radius 3 is 2.52 bits per heavy atom. The van der Waals surface area contributed by atoms with Crippen molar-refractivity contribution in [1.29, 1.82) is 0 Å². The number of hydrogen-bond donors (Lipinski definition) is 3. The summed E-state index contributed by atoms with van der Waals surface area (Å²) in [4.78, 5) is 34.5. The largest absolute Gasteiger partial charge is 0.372 e. The molecular formula is C31H30ClF3N4O5. The van der Waals surface area contributed by atoms with Crippen LogP contribution in [-0.4, -0.2) is 53.5 Å². The molecule has 1 unspecified atom stereocenters. The topological polar surface area (TPSA) is 128 Å². The average Bonchev–Trinajstić information content (AvgIpc) is 3.78. The Hall–Kier alpha value is -4.10. The number of nitrogens with zero attached hydrogens (tertiary/aromatic N) is 4. The van der Waals surface area contributed by atoms with E-state index in [9.17, 15) is 29.3 Å². The lowest BCUT2D eigenvalue weighted by molar-refractivity contribution is -0.380. The Labute approximate surface area is 255 Å². The fourth-order valence-electron chi connectivity index (χ4n) is 4.77. The van der Waals surface area contributed by atoms with Gasteiger partial charge >= 0.3 is 6.10 Å². The molecule has 1 aliphatic carbocycles. The third-order valence-corrected chi connectivity index (χ3v) is 7.38. The molecule has 0 radical (unpaired) electrons. The van der Waals surface area contributed by atoms with Gasteiger partial charge in [-0.1, -0.05) is 30.7 Å². The molecule has 2 aromatic heterocycles. The second kappa shape index (κ2) is 13.3. The summed E-state index contributed by atoms with van der Waals surface area (Å²) >= 11 is 6.42. The maximum absolute atomic E-state index is 15.9. The zero-order chi connectivity index (χ0) is 32.3. The molecule has 4 rings (SSSR count). The van der Waals surface area contributed by atoms with E-state index in [1.165, 1.54) is 30.6 Å². The van der Waals surface area contributed by atoms with Gasteiger partial charge in [0.2, 0.25) is 0 Å². The van der Waals surface area contributed by atoms with Crippen LogP contribution in [-0.2, 0) is 6.42 Å². The van der Waals surface area contributed by atoms with Gasteiger partial charge in [-0.3, -0.25) is 29.0 Å². The third kappa shape index (κ3) is 7.16. The van der Waals surface area contributed by atoms with Crippen LogP contribution in [0.1, 0.15) is 65.3 Å². The number of pyridine rings is 2. The highest BCUT2D eigenvalue weighted by atomic mass is 35.5. The first kappa shape index (κ1) is 32.8. The van der Waals surface area contributed by atoms with Gasteiger partial charge in [0.1, 0.15) is 22.4 Å². The predicted molar refractivity (Wildman–Crippen MR) is 158 cm³/mol. The number of amides is 1. The number of benzene rings is 1. The van der Waals surface area contributed by atoms with E-state index in [2.05, 4.69) is 9.98 Å². The Morgan fingerprint density at radius 2 is 1.91 bits per heavy atom. The third-order valence-electron chi connectivity index (χ3n) is 7.00. The van der Waals surface area contributed by atoms with Crippen LogP contribution in [0.2, 0.25) is 5.02 Å². The molecule has 1 fully saturated rings. The van der Waals surface area contributed by atoms with E-state index in [0.29, 0.717) is 35.3 Å². The molecular weight excluding hydrogens is 601 g/mol. The SMILES string of the molecule is C/C=C/N=C(/C(F)=C/n1c(C)cc(C(C)Cc2cncc(F)c2)c(Cl)c1=O)c1cccc(C(=O)N(C2CC2)C(O)(O)O)c1F. The minimum absolute atomic E-state index is 0.192. The van der Waals surface area contributed by atoms with Crippen molar-refractivity contribution in [2.24, 2.45) is 4.99 Å². The molecule has 1 aliphatic rings. The number of aliphatic hydroxyl groups is 3. The van der Waals surface area contributed by atoms with Crippen molar-refractivity contribution < 1.29 is 33.3 Å². The molecule has 13 heteroatoms. The highest BCUT2D eigenvalue weighted by Crippen LogP contribution is 2.33. The van der Waals surface area contributed by atoms with Crippen molar-refractivity contribution in [3.05, 3.63) is 116 Å². The minimum Gasteiger partial charge on any atom is -0.325 e. The van der Waals surface area contributed by atoms with Crippen molar-refractivity contribution in [3.63, 3.8) is 0 Å². The molecule has 44 heavy (non-hydrogen) atoms. The number of allylic oxidation sites excluding steroid dienone is 2. The first-order chi connectivity index (χ1) is 20.7. The summed E-state index contributed by atoms with van der Waals surface area (Å²) in [6, 6.07) is 5.63. The van der Waals surface area contributed by atoms with Crippen LogP contribution in [0.15, 0.2) is 70.6 Å². The van der Waals surface area contributed by atoms with Crippen molar-refractivity contribution in [2.75, 3.05) is 0 Å². The number of rotatable bonds is 10. The molecule has 0 bridgehead atoms. The highest BCUT2D eigenvalue weighted by Gasteiger charge is 2.45. The number of halogens is 4. The second-order valence-electron chi connectivity index (χ2n) is 10.5. The lowest BCUT2D eigenvalue weighted by Gasteiger charge is -2.30. The van der Waals surface area contributed by atoms with E-state index in [1.807, 2.05) is 0 Å². The molecule has 0 aliphatic heterocycles. The molecule has 0 saturated heterocycles.